The van der Waals surface area contributed by atoms with Gasteiger partial charge in [0.25, 0.3) is 0 Å². The van der Waals surface area contributed by atoms with Crippen LogP contribution in [-0.4, -0.2) is 10.3 Å². The summed E-state index contributed by atoms with van der Waals surface area (Å²) in [7, 11) is 0. The van der Waals surface area contributed by atoms with Gasteiger partial charge in [-0.15, -0.1) is 0 Å². The van der Waals surface area contributed by atoms with Crippen LogP contribution in [0.5, 0.6) is 0 Å². The van der Waals surface area contributed by atoms with Crippen molar-refractivity contribution in [2.24, 2.45) is 0 Å². The number of halogens is 1. The van der Waals surface area contributed by atoms with Crippen LogP contribution in [0.4, 0.5) is 0 Å². The largest absolute Gasteiger partial charge is 0.243 e. The second-order valence-electron chi connectivity index (χ2n) is 2.35. The first-order valence-corrected chi connectivity index (χ1v) is 3.53. The Labute approximate surface area is 67.9 Å². The van der Waals surface area contributed by atoms with Crippen molar-refractivity contribution in [2.45, 2.75) is 6.92 Å². The van der Waals surface area contributed by atoms with E-state index in [1.807, 2.05) is 13.0 Å². The zero-order valence-electron chi connectivity index (χ0n) is 5.84. The van der Waals surface area contributed by atoms with E-state index in [1.54, 1.807) is 6.07 Å². The summed E-state index contributed by atoms with van der Waals surface area (Å²) in [6.45, 7) is 1.91. The third-order valence-electron chi connectivity index (χ3n) is 1.53. The second kappa shape index (κ2) is 2.20. The van der Waals surface area contributed by atoms with Gasteiger partial charge in [0.2, 0.25) is 0 Å². The van der Waals surface area contributed by atoms with Crippen molar-refractivity contribution in [3.05, 3.63) is 22.7 Å². The first kappa shape index (κ1) is 6.61. The van der Waals surface area contributed by atoms with Crippen molar-refractivity contribution in [2.75, 3.05) is 0 Å². The normalized spacial score (nSPS) is 10.7. The van der Waals surface area contributed by atoms with E-state index in [9.17, 15) is 0 Å². The summed E-state index contributed by atoms with van der Waals surface area (Å²) in [5, 5.41) is 8.01. The molecular formula is C7H5ClN2O. The number of aryl methyl sites for hydroxylation is 1. The molecule has 0 fully saturated rings. The molecule has 1 aromatic heterocycles. The van der Waals surface area contributed by atoms with Crippen LogP contribution in [0.1, 0.15) is 5.56 Å². The Bertz CT molecular complexity index is 360. The van der Waals surface area contributed by atoms with E-state index in [4.69, 9.17) is 11.6 Å². The van der Waals surface area contributed by atoms with E-state index in [2.05, 4.69) is 14.9 Å². The molecular weight excluding hydrogens is 164 g/mol. The lowest BCUT2D eigenvalue weighted by Crippen LogP contribution is -1.75. The van der Waals surface area contributed by atoms with Crippen LogP contribution in [0.2, 0.25) is 5.02 Å². The van der Waals surface area contributed by atoms with Gasteiger partial charge in [0.05, 0.1) is 0 Å². The topological polar surface area (TPSA) is 38.9 Å². The highest BCUT2D eigenvalue weighted by Crippen LogP contribution is 2.20. The Morgan fingerprint density at radius 3 is 2.64 bits per heavy atom. The Morgan fingerprint density at radius 1 is 1.27 bits per heavy atom. The molecule has 0 amide bonds. The predicted molar refractivity (Wildman–Crippen MR) is 41.6 cm³/mol. The minimum absolute atomic E-state index is 0.688. The van der Waals surface area contributed by atoms with Crippen LogP contribution < -0.4 is 0 Å². The Balaban J connectivity index is 2.86. The number of rotatable bonds is 0. The zero-order chi connectivity index (χ0) is 7.84. The van der Waals surface area contributed by atoms with Gasteiger partial charge in [0.15, 0.2) is 0 Å². The summed E-state index contributed by atoms with van der Waals surface area (Å²) < 4.78 is 4.52. The molecule has 0 atom stereocenters. The maximum absolute atomic E-state index is 5.84. The van der Waals surface area contributed by atoms with Gasteiger partial charge in [-0.2, -0.15) is 0 Å². The third-order valence-corrected chi connectivity index (χ3v) is 1.94. The predicted octanol–water partition coefficient (Wildman–Crippen LogP) is 2.18. The Hall–Kier alpha value is -1.09. The maximum atomic E-state index is 5.84. The molecule has 11 heavy (non-hydrogen) atoms. The fraction of sp³-hybridized carbons (Fsp3) is 0.143. The van der Waals surface area contributed by atoms with E-state index >= 15 is 0 Å². The van der Waals surface area contributed by atoms with Gasteiger partial charge in [-0.25, -0.2) is 4.63 Å². The summed E-state index contributed by atoms with van der Waals surface area (Å²) >= 11 is 5.84. The molecule has 2 aromatic rings. The first-order chi connectivity index (χ1) is 5.27. The number of hydrogen-bond acceptors (Lipinski definition) is 3. The van der Waals surface area contributed by atoms with E-state index in [0.717, 1.165) is 11.1 Å². The third kappa shape index (κ3) is 0.973. The molecule has 1 aromatic carbocycles. The van der Waals surface area contributed by atoms with Crippen LogP contribution in [-0.2, 0) is 0 Å². The molecule has 0 aliphatic heterocycles. The van der Waals surface area contributed by atoms with Crippen LogP contribution in [0.15, 0.2) is 16.8 Å². The Morgan fingerprint density at radius 2 is 1.91 bits per heavy atom. The maximum Gasteiger partial charge on any atom is 0.136 e. The second-order valence-corrected chi connectivity index (χ2v) is 2.76. The van der Waals surface area contributed by atoms with Crippen LogP contribution in [0.25, 0.3) is 11.0 Å². The molecule has 0 saturated carbocycles. The van der Waals surface area contributed by atoms with E-state index in [-0.39, 0.29) is 0 Å². The minimum atomic E-state index is 0.688. The van der Waals surface area contributed by atoms with Crippen LogP contribution in [0.3, 0.4) is 0 Å². The monoisotopic (exact) mass is 168 g/mol. The van der Waals surface area contributed by atoms with Crippen molar-refractivity contribution < 1.29 is 4.63 Å². The summed E-state index contributed by atoms with van der Waals surface area (Å²) in [4.78, 5) is 0. The highest BCUT2D eigenvalue weighted by molar-refractivity contribution is 6.32. The summed E-state index contributed by atoms with van der Waals surface area (Å²) in [6, 6.07) is 3.58. The van der Waals surface area contributed by atoms with Crippen LogP contribution in [0, 0.1) is 6.92 Å². The standard InChI is InChI=1S/C7H5ClN2O/c1-4-2-6-7(3-5(4)8)10-11-9-6/h2-3H,1H3. The van der Waals surface area contributed by atoms with E-state index < -0.39 is 0 Å². The van der Waals surface area contributed by atoms with Gasteiger partial charge in [-0.05, 0) is 34.9 Å². The number of fused-ring (bicyclic) bond motifs is 1. The van der Waals surface area contributed by atoms with Gasteiger partial charge in [-0.3, -0.25) is 0 Å². The van der Waals surface area contributed by atoms with Gasteiger partial charge < -0.3 is 0 Å². The number of hydrogen-bond donors (Lipinski definition) is 0. The van der Waals surface area contributed by atoms with Gasteiger partial charge >= 0.3 is 0 Å². The molecule has 0 aliphatic rings. The average molecular weight is 169 g/mol. The molecule has 0 aliphatic carbocycles. The first-order valence-electron chi connectivity index (χ1n) is 3.16. The molecule has 0 unspecified atom stereocenters. The summed E-state index contributed by atoms with van der Waals surface area (Å²) in [6.07, 6.45) is 0. The molecule has 56 valence electrons. The summed E-state index contributed by atoms with van der Waals surface area (Å²) in [5.74, 6) is 0. The smallest absolute Gasteiger partial charge is 0.136 e. The fourth-order valence-electron chi connectivity index (χ4n) is 0.910. The van der Waals surface area contributed by atoms with Crippen molar-refractivity contribution >= 4 is 22.6 Å². The molecule has 0 bridgehead atoms. The van der Waals surface area contributed by atoms with Gasteiger partial charge in [-0.1, -0.05) is 11.6 Å². The van der Waals surface area contributed by atoms with Gasteiger partial charge in [0.1, 0.15) is 11.0 Å². The van der Waals surface area contributed by atoms with Crippen molar-refractivity contribution in [1.82, 2.24) is 10.3 Å². The molecule has 3 nitrogen and oxygen atoms in total. The van der Waals surface area contributed by atoms with E-state index in [1.165, 1.54) is 0 Å². The number of nitrogens with zero attached hydrogens (tertiary/aromatic N) is 2. The molecule has 2 rings (SSSR count). The lowest BCUT2D eigenvalue weighted by atomic mass is 10.2. The molecule has 0 spiro atoms. The minimum Gasteiger partial charge on any atom is -0.243 e. The van der Waals surface area contributed by atoms with Crippen LogP contribution >= 0.6 is 11.6 Å². The Kier molecular flexibility index (Phi) is 1.32. The lowest BCUT2D eigenvalue weighted by molar-refractivity contribution is 0.315. The van der Waals surface area contributed by atoms with Crippen molar-refractivity contribution in [3.63, 3.8) is 0 Å². The van der Waals surface area contributed by atoms with Crippen molar-refractivity contribution in [3.8, 4) is 0 Å². The summed E-state index contributed by atoms with van der Waals surface area (Å²) in [5.41, 5.74) is 2.42. The number of aromatic nitrogens is 2. The highest BCUT2D eigenvalue weighted by Gasteiger charge is 2.02. The molecule has 0 radical (unpaired) electrons. The average Bonchev–Trinajstić information content (AvgIpc) is 2.36. The lowest BCUT2D eigenvalue weighted by Gasteiger charge is -1.92. The molecule has 1 heterocycles. The quantitative estimate of drug-likeness (QED) is 0.605. The van der Waals surface area contributed by atoms with Crippen molar-refractivity contribution in [1.29, 1.82) is 0 Å². The fourth-order valence-corrected chi connectivity index (χ4v) is 1.07. The highest BCUT2D eigenvalue weighted by atomic mass is 35.5. The molecule has 0 N–H and O–H groups in total. The van der Waals surface area contributed by atoms with Gasteiger partial charge in [0, 0.05) is 5.02 Å². The molecule has 0 saturated heterocycles. The molecule has 4 heteroatoms. The number of benzene rings is 1. The van der Waals surface area contributed by atoms with E-state index in [0.29, 0.717) is 10.5 Å². The zero-order valence-corrected chi connectivity index (χ0v) is 6.59. The SMILES string of the molecule is Cc1cc2nonc2cc1Cl.